The average Bonchev–Trinajstić information content (AvgIpc) is 2.83. The number of carbonyl (C=O) groups is 1. The molecular formula is C25H20N2O4. The van der Waals surface area contributed by atoms with E-state index < -0.39 is 12.6 Å². The third-order valence-corrected chi connectivity index (χ3v) is 4.48. The molecule has 0 bridgehead atoms. The third-order valence-electron chi connectivity index (χ3n) is 4.48. The number of carboxylic acids is 1. The van der Waals surface area contributed by atoms with E-state index in [1.165, 1.54) is 0 Å². The maximum Gasteiger partial charge on any atom is 0.341 e. The maximum absolute atomic E-state index is 10.7. The lowest BCUT2D eigenvalue weighted by molar-refractivity contribution is -0.139. The SMILES string of the molecule is O=C(O)COc1ccc(-c2nc(OCc3ccccc3)cc(-c3ccccc3)n2)cc1. The molecule has 0 saturated carbocycles. The van der Waals surface area contributed by atoms with Crippen molar-refractivity contribution in [3.05, 3.63) is 96.6 Å². The molecule has 4 aromatic rings. The monoisotopic (exact) mass is 412 g/mol. The normalized spacial score (nSPS) is 10.5. The van der Waals surface area contributed by atoms with Gasteiger partial charge in [0.2, 0.25) is 5.88 Å². The van der Waals surface area contributed by atoms with Crippen molar-refractivity contribution in [1.82, 2.24) is 9.97 Å². The van der Waals surface area contributed by atoms with E-state index in [1.807, 2.05) is 66.7 Å². The molecule has 4 rings (SSSR count). The lowest BCUT2D eigenvalue weighted by Crippen LogP contribution is -2.09. The predicted molar refractivity (Wildman–Crippen MR) is 117 cm³/mol. The van der Waals surface area contributed by atoms with E-state index >= 15 is 0 Å². The molecule has 0 fully saturated rings. The Bertz CT molecular complexity index is 1150. The minimum atomic E-state index is -1.02. The van der Waals surface area contributed by atoms with Crippen molar-refractivity contribution in [2.24, 2.45) is 0 Å². The Morgan fingerprint density at radius 2 is 1.45 bits per heavy atom. The van der Waals surface area contributed by atoms with Gasteiger partial charge in [-0.1, -0.05) is 60.7 Å². The number of nitrogens with zero attached hydrogens (tertiary/aromatic N) is 2. The smallest absolute Gasteiger partial charge is 0.341 e. The van der Waals surface area contributed by atoms with Gasteiger partial charge in [0.05, 0.1) is 5.69 Å². The van der Waals surface area contributed by atoms with Crippen molar-refractivity contribution in [3.8, 4) is 34.3 Å². The van der Waals surface area contributed by atoms with Gasteiger partial charge in [0.25, 0.3) is 0 Å². The molecule has 0 amide bonds. The van der Waals surface area contributed by atoms with E-state index in [0.717, 1.165) is 22.4 Å². The van der Waals surface area contributed by atoms with Gasteiger partial charge in [-0.2, -0.15) is 4.98 Å². The first-order valence-electron chi connectivity index (χ1n) is 9.73. The van der Waals surface area contributed by atoms with Crippen LogP contribution < -0.4 is 9.47 Å². The van der Waals surface area contributed by atoms with Crippen molar-refractivity contribution < 1.29 is 19.4 Å². The fourth-order valence-corrected chi connectivity index (χ4v) is 2.96. The number of aliphatic carboxylic acids is 1. The van der Waals surface area contributed by atoms with Crippen molar-refractivity contribution in [1.29, 1.82) is 0 Å². The largest absolute Gasteiger partial charge is 0.482 e. The number of aromatic nitrogens is 2. The molecule has 0 atom stereocenters. The minimum Gasteiger partial charge on any atom is -0.482 e. The lowest BCUT2D eigenvalue weighted by atomic mass is 10.1. The van der Waals surface area contributed by atoms with Crippen LogP contribution in [0.4, 0.5) is 0 Å². The van der Waals surface area contributed by atoms with Crippen LogP contribution in [0.5, 0.6) is 11.6 Å². The second-order valence-corrected chi connectivity index (χ2v) is 6.76. The Labute approximate surface area is 179 Å². The summed E-state index contributed by atoms with van der Waals surface area (Å²) < 4.78 is 11.2. The fraction of sp³-hybridized carbons (Fsp3) is 0.0800. The third kappa shape index (κ3) is 5.45. The van der Waals surface area contributed by atoms with E-state index in [-0.39, 0.29) is 0 Å². The van der Waals surface area contributed by atoms with Gasteiger partial charge in [0, 0.05) is 17.2 Å². The second kappa shape index (κ2) is 9.54. The van der Waals surface area contributed by atoms with Crippen molar-refractivity contribution in [2.75, 3.05) is 6.61 Å². The molecule has 0 saturated heterocycles. The molecular weight excluding hydrogens is 392 g/mol. The molecule has 31 heavy (non-hydrogen) atoms. The van der Waals surface area contributed by atoms with Crippen LogP contribution in [0.3, 0.4) is 0 Å². The van der Waals surface area contributed by atoms with Crippen molar-refractivity contribution >= 4 is 5.97 Å². The molecule has 0 radical (unpaired) electrons. The summed E-state index contributed by atoms with van der Waals surface area (Å²) in [5.41, 5.74) is 3.52. The number of hydrogen-bond acceptors (Lipinski definition) is 5. The summed E-state index contributed by atoms with van der Waals surface area (Å²) in [5.74, 6) is 0.419. The summed E-state index contributed by atoms with van der Waals surface area (Å²) in [7, 11) is 0. The summed E-state index contributed by atoms with van der Waals surface area (Å²) in [6.07, 6.45) is 0. The fourth-order valence-electron chi connectivity index (χ4n) is 2.96. The van der Waals surface area contributed by atoms with E-state index in [1.54, 1.807) is 24.3 Å². The standard InChI is InChI=1S/C25H20N2O4/c28-24(29)17-30-21-13-11-20(12-14-21)25-26-22(19-9-5-2-6-10-19)15-23(27-25)31-16-18-7-3-1-4-8-18/h1-15H,16-17H2,(H,28,29). The highest BCUT2D eigenvalue weighted by Gasteiger charge is 2.11. The topological polar surface area (TPSA) is 81.5 Å². The highest BCUT2D eigenvalue weighted by molar-refractivity contribution is 5.68. The molecule has 3 aromatic carbocycles. The molecule has 1 N–H and O–H groups in total. The molecule has 0 aliphatic rings. The Morgan fingerprint density at radius 1 is 0.774 bits per heavy atom. The summed E-state index contributed by atoms with van der Waals surface area (Å²) >= 11 is 0. The molecule has 6 heteroatoms. The first-order valence-corrected chi connectivity index (χ1v) is 9.73. The van der Waals surface area contributed by atoms with Crippen LogP contribution >= 0.6 is 0 Å². The Hall–Kier alpha value is -4.19. The van der Waals surface area contributed by atoms with Gasteiger partial charge in [-0.15, -0.1) is 0 Å². The zero-order chi connectivity index (χ0) is 21.5. The van der Waals surface area contributed by atoms with E-state index in [0.29, 0.717) is 24.1 Å². The van der Waals surface area contributed by atoms with Gasteiger partial charge in [0.15, 0.2) is 12.4 Å². The van der Waals surface area contributed by atoms with Gasteiger partial charge >= 0.3 is 5.97 Å². The van der Waals surface area contributed by atoms with Crippen LogP contribution in [-0.4, -0.2) is 27.7 Å². The number of ether oxygens (including phenoxy) is 2. The highest BCUT2D eigenvalue weighted by Crippen LogP contribution is 2.27. The molecule has 0 unspecified atom stereocenters. The Balaban J connectivity index is 1.63. The molecule has 0 aliphatic heterocycles. The van der Waals surface area contributed by atoms with Crippen LogP contribution in [0, 0.1) is 0 Å². The molecule has 1 aromatic heterocycles. The average molecular weight is 412 g/mol. The highest BCUT2D eigenvalue weighted by atomic mass is 16.5. The van der Waals surface area contributed by atoms with Crippen LogP contribution in [0.15, 0.2) is 91.0 Å². The quantitative estimate of drug-likeness (QED) is 0.445. The Kier molecular flexibility index (Phi) is 6.18. The van der Waals surface area contributed by atoms with Crippen molar-refractivity contribution in [2.45, 2.75) is 6.61 Å². The number of hydrogen-bond donors (Lipinski definition) is 1. The molecule has 0 aliphatic carbocycles. The number of benzene rings is 3. The maximum atomic E-state index is 10.7. The van der Waals surface area contributed by atoms with Crippen LogP contribution in [0.25, 0.3) is 22.6 Å². The van der Waals surface area contributed by atoms with E-state index in [9.17, 15) is 4.79 Å². The molecule has 1 heterocycles. The first-order chi connectivity index (χ1) is 15.2. The lowest BCUT2D eigenvalue weighted by Gasteiger charge is -2.11. The second-order valence-electron chi connectivity index (χ2n) is 6.76. The minimum absolute atomic E-state index is 0.392. The molecule has 6 nitrogen and oxygen atoms in total. The summed E-state index contributed by atoms with van der Waals surface area (Å²) in [4.78, 5) is 20.0. The number of carboxylic acid groups (broad SMARTS) is 1. The van der Waals surface area contributed by atoms with Gasteiger partial charge in [-0.25, -0.2) is 9.78 Å². The zero-order valence-electron chi connectivity index (χ0n) is 16.6. The number of rotatable bonds is 8. The van der Waals surface area contributed by atoms with Crippen LogP contribution in [-0.2, 0) is 11.4 Å². The summed E-state index contributed by atoms with van der Waals surface area (Å²) in [5, 5.41) is 8.75. The van der Waals surface area contributed by atoms with Gasteiger partial charge in [0.1, 0.15) is 12.4 Å². The summed E-state index contributed by atoms with van der Waals surface area (Å²) in [6.45, 7) is 0.00427. The van der Waals surface area contributed by atoms with Crippen LogP contribution in [0.2, 0.25) is 0 Å². The summed E-state index contributed by atoms with van der Waals surface area (Å²) in [6, 6.07) is 28.5. The van der Waals surface area contributed by atoms with Gasteiger partial charge in [-0.3, -0.25) is 0 Å². The molecule has 0 spiro atoms. The predicted octanol–water partition coefficient (Wildman–Crippen LogP) is 4.85. The molecule has 154 valence electrons. The van der Waals surface area contributed by atoms with Gasteiger partial charge in [-0.05, 0) is 29.8 Å². The zero-order valence-corrected chi connectivity index (χ0v) is 16.6. The van der Waals surface area contributed by atoms with Gasteiger partial charge < -0.3 is 14.6 Å². The van der Waals surface area contributed by atoms with E-state index in [2.05, 4.69) is 4.98 Å². The first kappa shape index (κ1) is 20.1. The van der Waals surface area contributed by atoms with Crippen molar-refractivity contribution in [3.63, 3.8) is 0 Å². The van der Waals surface area contributed by atoms with E-state index in [4.69, 9.17) is 19.6 Å². The van der Waals surface area contributed by atoms with Crippen LogP contribution in [0.1, 0.15) is 5.56 Å². The Morgan fingerprint density at radius 3 is 2.13 bits per heavy atom.